The van der Waals surface area contributed by atoms with Gasteiger partial charge in [0.25, 0.3) is 5.91 Å². The minimum Gasteiger partial charge on any atom is -0.496 e. The van der Waals surface area contributed by atoms with Crippen LogP contribution in [0.1, 0.15) is 41.6 Å². The third-order valence-electron chi connectivity index (χ3n) is 6.48. The van der Waals surface area contributed by atoms with Crippen LogP contribution in [0.3, 0.4) is 0 Å². The lowest BCUT2D eigenvalue weighted by Gasteiger charge is -2.25. The van der Waals surface area contributed by atoms with Crippen molar-refractivity contribution in [1.82, 2.24) is 9.80 Å². The smallest absolute Gasteiger partial charge is 0.258 e. The van der Waals surface area contributed by atoms with Crippen molar-refractivity contribution in [3.8, 4) is 5.75 Å². The summed E-state index contributed by atoms with van der Waals surface area (Å²) >= 11 is 6.10. The van der Waals surface area contributed by atoms with Crippen molar-refractivity contribution in [3.05, 3.63) is 58.6 Å². The minimum atomic E-state index is -0.585. The summed E-state index contributed by atoms with van der Waals surface area (Å²) < 4.78 is 5.32. The largest absolute Gasteiger partial charge is 0.496 e. The van der Waals surface area contributed by atoms with Gasteiger partial charge in [0.1, 0.15) is 11.8 Å². The van der Waals surface area contributed by atoms with Gasteiger partial charge in [0.05, 0.1) is 18.7 Å². The van der Waals surface area contributed by atoms with Gasteiger partial charge in [-0.25, -0.2) is 0 Å². The number of carbonyl (C=O) groups excluding carboxylic acids is 3. The Morgan fingerprint density at radius 3 is 2.62 bits per heavy atom. The number of likely N-dealkylation sites (tertiary alicyclic amines) is 2. The lowest BCUT2D eigenvalue weighted by Crippen LogP contribution is -2.43. The lowest BCUT2D eigenvalue weighted by atomic mass is 10.1. The van der Waals surface area contributed by atoms with Gasteiger partial charge in [-0.05, 0) is 68.1 Å². The van der Waals surface area contributed by atoms with Gasteiger partial charge in [0.2, 0.25) is 11.8 Å². The maximum absolute atomic E-state index is 13.2. The predicted octanol–water partition coefficient (Wildman–Crippen LogP) is 3.04. The van der Waals surface area contributed by atoms with Crippen LogP contribution in [-0.2, 0) is 16.1 Å². The third-order valence-corrected chi connectivity index (χ3v) is 6.72. The monoisotopic (exact) mass is 484 g/mol. The van der Waals surface area contributed by atoms with Crippen LogP contribution in [0.4, 0.5) is 5.69 Å². The molecular weight excluding hydrogens is 456 g/mol. The van der Waals surface area contributed by atoms with E-state index in [2.05, 4.69) is 10.2 Å². The Hall–Kier alpha value is -3.10. The maximum atomic E-state index is 13.2. The number of benzene rings is 2. The fourth-order valence-electron chi connectivity index (χ4n) is 4.83. The van der Waals surface area contributed by atoms with E-state index < -0.39 is 6.04 Å². The van der Waals surface area contributed by atoms with Crippen LogP contribution >= 0.6 is 11.6 Å². The highest BCUT2D eigenvalue weighted by Gasteiger charge is 2.36. The fraction of sp³-hybridized carbons (Fsp3) is 0.400. The fourth-order valence-corrected chi connectivity index (χ4v) is 5.00. The summed E-state index contributed by atoms with van der Waals surface area (Å²) in [7, 11) is 1.50. The van der Waals surface area contributed by atoms with Crippen molar-refractivity contribution >= 4 is 35.0 Å². The molecule has 2 aliphatic heterocycles. The van der Waals surface area contributed by atoms with Crippen LogP contribution in [-0.4, -0.2) is 59.8 Å². The molecule has 0 saturated carbocycles. The minimum absolute atomic E-state index is 0.236. The Labute approximate surface area is 204 Å². The molecule has 3 amide bonds. The molecule has 2 saturated heterocycles. The standard InChI is InChI=1S/C25H29ClN4O4/c1-34-22-10-9-17(26)14-19(22)25(33)30-12-4-8-21(30)24(32)28-18-6-2-5-16(13-18)15-29-11-3-7-20(29)23(27)31/h2,5-6,9-10,13-14,20-21H,3-4,7-8,11-12,15H2,1H3,(H2,27,31)(H,28,32). The van der Waals surface area contributed by atoms with Gasteiger partial charge in [-0.1, -0.05) is 23.7 Å². The van der Waals surface area contributed by atoms with Crippen LogP contribution in [0.15, 0.2) is 42.5 Å². The van der Waals surface area contributed by atoms with Crippen molar-refractivity contribution in [3.63, 3.8) is 0 Å². The first-order chi connectivity index (χ1) is 16.4. The molecule has 180 valence electrons. The predicted molar refractivity (Wildman–Crippen MR) is 130 cm³/mol. The van der Waals surface area contributed by atoms with E-state index in [1.54, 1.807) is 23.1 Å². The normalized spacial score (nSPS) is 20.4. The number of halogens is 1. The number of nitrogens with one attached hydrogen (secondary N) is 1. The van der Waals surface area contributed by atoms with Gasteiger partial charge >= 0.3 is 0 Å². The number of carbonyl (C=O) groups is 3. The summed E-state index contributed by atoms with van der Waals surface area (Å²) in [6.07, 6.45) is 3.02. The van der Waals surface area contributed by atoms with Gasteiger partial charge in [0, 0.05) is 23.8 Å². The number of amides is 3. The zero-order valence-corrected chi connectivity index (χ0v) is 19.9. The van der Waals surface area contributed by atoms with E-state index in [4.69, 9.17) is 22.1 Å². The average Bonchev–Trinajstić information content (AvgIpc) is 3.49. The second kappa shape index (κ2) is 10.4. The number of primary amides is 1. The SMILES string of the molecule is COc1ccc(Cl)cc1C(=O)N1CCCC1C(=O)Nc1cccc(CN2CCCC2C(N)=O)c1. The molecule has 2 atom stereocenters. The number of hydrogen-bond donors (Lipinski definition) is 2. The molecule has 0 spiro atoms. The van der Waals surface area contributed by atoms with E-state index in [0.717, 1.165) is 31.4 Å². The molecule has 4 rings (SSSR count). The lowest BCUT2D eigenvalue weighted by molar-refractivity contribution is -0.122. The molecule has 2 aromatic carbocycles. The number of anilines is 1. The summed E-state index contributed by atoms with van der Waals surface area (Å²) in [5, 5.41) is 3.39. The molecule has 0 radical (unpaired) electrons. The molecular formula is C25H29ClN4O4. The highest BCUT2D eigenvalue weighted by Crippen LogP contribution is 2.28. The van der Waals surface area contributed by atoms with E-state index in [1.165, 1.54) is 7.11 Å². The first kappa shape index (κ1) is 24.0. The summed E-state index contributed by atoms with van der Waals surface area (Å²) in [5.74, 6) is -0.397. The second-order valence-electron chi connectivity index (χ2n) is 8.72. The first-order valence-corrected chi connectivity index (χ1v) is 11.8. The molecule has 0 aliphatic carbocycles. The number of methoxy groups -OCH3 is 1. The first-order valence-electron chi connectivity index (χ1n) is 11.4. The zero-order valence-electron chi connectivity index (χ0n) is 19.1. The summed E-state index contributed by atoms with van der Waals surface area (Å²) in [4.78, 5) is 41.7. The van der Waals surface area contributed by atoms with Crippen molar-refractivity contribution in [1.29, 1.82) is 0 Å². The molecule has 0 aromatic heterocycles. The Balaban J connectivity index is 1.45. The summed E-state index contributed by atoms with van der Waals surface area (Å²) in [6, 6.07) is 11.6. The van der Waals surface area contributed by atoms with Crippen LogP contribution in [0.2, 0.25) is 5.02 Å². The van der Waals surface area contributed by atoms with Crippen LogP contribution in [0.5, 0.6) is 5.75 Å². The molecule has 2 heterocycles. The van der Waals surface area contributed by atoms with Crippen LogP contribution in [0, 0.1) is 0 Å². The van der Waals surface area contributed by atoms with Crippen molar-refractivity contribution in [2.75, 3.05) is 25.5 Å². The molecule has 9 heteroatoms. The van der Waals surface area contributed by atoms with Crippen molar-refractivity contribution in [2.24, 2.45) is 5.73 Å². The molecule has 2 aliphatic rings. The molecule has 8 nitrogen and oxygen atoms in total. The van der Waals surface area contributed by atoms with Crippen molar-refractivity contribution < 1.29 is 19.1 Å². The average molecular weight is 485 g/mol. The molecule has 34 heavy (non-hydrogen) atoms. The van der Waals surface area contributed by atoms with Gasteiger partial charge in [-0.3, -0.25) is 19.3 Å². The topological polar surface area (TPSA) is 105 Å². The summed E-state index contributed by atoms with van der Waals surface area (Å²) in [6.45, 7) is 1.88. The van der Waals surface area contributed by atoms with E-state index >= 15 is 0 Å². The Morgan fingerprint density at radius 1 is 1.09 bits per heavy atom. The van der Waals surface area contributed by atoms with E-state index in [1.807, 2.05) is 24.3 Å². The molecule has 2 unspecified atom stereocenters. The number of ether oxygens (including phenoxy) is 1. The van der Waals surface area contributed by atoms with Crippen LogP contribution in [0.25, 0.3) is 0 Å². The van der Waals surface area contributed by atoms with E-state index in [-0.39, 0.29) is 23.8 Å². The van der Waals surface area contributed by atoms with Gasteiger partial charge in [-0.15, -0.1) is 0 Å². The van der Waals surface area contributed by atoms with Gasteiger partial charge in [0.15, 0.2) is 0 Å². The maximum Gasteiger partial charge on any atom is 0.258 e. The van der Waals surface area contributed by atoms with Gasteiger partial charge < -0.3 is 20.7 Å². The van der Waals surface area contributed by atoms with Crippen molar-refractivity contribution in [2.45, 2.75) is 44.3 Å². The number of nitrogens with zero attached hydrogens (tertiary/aromatic N) is 2. The van der Waals surface area contributed by atoms with E-state index in [0.29, 0.717) is 41.5 Å². The van der Waals surface area contributed by atoms with Gasteiger partial charge in [-0.2, -0.15) is 0 Å². The Kier molecular flexibility index (Phi) is 7.38. The number of nitrogens with two attached hydrogens (primary N) is 1. The second-order valence-corrected chi connectivity index (χ2v) is 9.16. The Morgan fingerprint density at radius 2 is 1.85 bits per heavy atom. The highest BCUT2D eigenvalue weighted by molar-refractivity contribution is 6.31. The van der Waals surface area contributed by atoms with Crippen LogP contribution < -0.4 is 15.8 Å². The molecule has 3 N–H and O–H groups in total. The molecule has 2 aromatic rings. The Bertz CT molecular complexity index is 1090. The summed E-state index contributed by atoms with van der Waals surface area (Å²) in [5.41, 5.74) is 7.50. The zero-order chi connectivity index (χ0) is 24.2. The number of hydrogen-bond acceptors (Lipinski definition) is 5. The third kappa shape index (κ3) is 5.18. The highest BCUT2D eigenvalue weighted by atomic mass is 35.5. The molecule has 0 bridgehead atoms. The van der Waals surface area contributed by atoms with E-state index in [9.17, 15) is 14.4 Å². The quantitative estimate of drug-likeness (QED) is 0.628. The number of rotatable bonds is 7. The molecule has 2 fully saturated rings.